The predicted molar refractivity (Wildman–Crippen MR) is 212 cm³/mol. The molecule has 0 N–H and O–H groups in total. The number of hydrogen-bond acceptors (Lipinski definition) is 2. The summed E-state index contributed by atoms with van der Waals surface area (Å²) in [6.45, 7) is 17.0. The summed E-state index contributed by atoms with van der Waals surface area (Å²) in [4.78, 5) is 9.75. The number of imidazole rings is 1. The van der Waals surface area contributed by atoms with Crippen molar-refractivity contribution >= 4 is 11.0 Å². The first-order valence-corrected chi connectivity index (χ1v) is 17.2. The SMILES string of the molecule is [2H]c1c([2H])c([2H])c(-c2ccnc(-c3cc(-c4cccc5c4ncn5-c4ccc(C([2H])(C)C)cc4-c4ccc(C(C)(C)C)cc4)cc(C(C)(C)C)c3)c2)c([2H])c1[2H]. The van der Waals surface area contributed by atoms with Crippen LogP contribution in [0, 0.1) is 0 Å². The molecule has 0 aliphatic carbocycles. The minimum absolute atomic E-state index is 0.0245. The van der Waals surface area contributed by atoms with Gasteiger partial charge < -0.3 is 0 Å². The van der Waals surface area contributed by atoms with Crippen molar-refractivity contribution in [2.45, 2.75) is 72.1 Å². The summed E-state index contributed by atoms with van der Waals surface area (Å²) >= 11 is 0. The molecule has 50 heavy (non-hydrogen) atoms. The highest BCUT2D eigenvalue weighted by Gasteiger charge is 2.20. The largest absolute Gasteiger partial charge is 0.298 e. The lowest BCUT2D eigenvalue weighted by molar-refractivity contribution is 0.590. The molecular formula is C47H47N3. The molecule has 2 heterocycles. The van der Waals surface area contributed by atoms with E-state index in [2.05, 4.69) is 119 Å². The molecule has 7 rings (SSSR count). The molecule has 0 bridgehead atoms. The quantitative estimate of drug-likeness (QED) is 0.178. The van der Waals surface area contributed by atoms with Crippen molar-refractivity contribution in [3.63, 3.8) is 0 Å². The third-order valence-electron chi connectivity index (χ3n) is 9.43. The van der Waals surface area contributed by atoms with Gasteiger partial charge in [-0.1, -0.05) is 134 Å². The molecule has 5 aromatic carbocycles. The molecule has 3 heteroatoms. The lowest BCUT2D eigenvalue weighted by atomic mass is 9.83. The van der Waals surface area contributed by atoms with Gasteiger partial charge in [0.1, 0.15) is 6.33 Å². The Bertz CT molecular complexity index is 2610. The van der Waals surface area contributed by atoms with E-state index in [4.69, 9.17) is 18.2 Å². The summed E-state index contributed by atoms with van der Waals surface area (Å²) in [6, 6.07) is 29.4. The van der Waals surface area contributed by atoms with Crippen molar-refractivity contribution < 1.29 is 8.22 Å². The van der Waals surface area contributed by atoms with Crippen molar-refractivity contribution in [1.82, 2.24) is 14.5 Å². The molecule has 0 aliphatic heterocycles. The molecule has 0 aliphatic rings. The number of para-hydroxylation sites is 1. The fourth-order valence-corrected chi connectivity index (χ4v) is 6.40. The molecule has 0 atom stereocenters. The Balaban J connectivity index is 1.38. The summed E-state index contributed by atoms with van der Waals surface area (Å²) < 4.78 is 52.6. The Hall–Kier alpha value is -5.28. The van der Waals surface area contributed by atoms with E-state index in [-0.39, 0.29) is 40.6 Å². The van der Waals surface area contributed by atoms with Crippen molar-refractivity contribution in [2.75, 3.05) is 0 Å². The number of aromatic nitrogens is 3. The van der Waals surface area contributed by atoms with Gasteiger partial charge in [0.25, 0.3) is 0 Å². The number of hydrogen-bond donors (Lipinski definition) is 0. The maximum atomic E-state index is 8.82. The van der Waals surface area contributed by atoms with E-state index in [0.29, 0.717) is 11.3 Å². The second kappa shape index (κ2) is 12.9. The molecule has 3 nitrogen and oxygen atoms in total. The van der Waals surface area contributed by atoms with Crippen molar-refractivity contribution in [2.24, 2.45) is 0 Å². The Morgan fingerprint density at radius 2 is 1.34 bits per heavy atom. The van der Waals surface area contributed by atoms with Gasteiger partial charge >= 0.3 is 0 Å². The topological polar surface area (TPSA) is 30.7 Å². The van der Waals surface area contributed by atoms with Gasteiger partial charge in [0, 0.05) is 24.3 Å². The fraction of sp³-hybridized carbons (Fsp3) is 0.234. The highest BCUT2D eigenvalue weighted by molar-refractivity contribution is 5.95. The standard InChI is InChI=1S/C47H47N3/c1-31(2)34-19-22-43(41(28-34)33-17-20-38(21-18-33)46(3,4)5)50-30-49-45-40(15-12-16-44(45)50)36-25-37(27-39(26-36)47(6,7)8)42-29-35(23-24-48-42)32-13-10-9-11-14-32/h9-31H,1-8H3/i9D,10D,11D,13D,14D,31D. The van der Waals surface area contributed by atoms with Gasteiger partial charge in [0.2, 0.25) is 0 Å². The van der Waals surface area contributed by atoms with E-state index in [1.807, 2.05) is 26.2 Å². The average Bonchev–Trinajstić information content (AvgIpc) is 3.59. The summed E-state index contributed by atoms with van der Waals surface area (Å²) in [5, 5.41) is 0. The van der Waals surface area contributed by atoms with Crippen LogP contribution in [0.4, 0.5) is 0 Å². The van der Waals surface area contributed by atoms with Gasteiger partial charge in [-0.3, -0.25) is 9.55 Å². The maximum absolute atomic E-state index is 8.82. The van der Waals surface area contributed by atoms with Crippen LogP contribution in [-0.4, -0.2) is 14.5 Å². The number of benzene rings is 5. The Morgan fingerprint density at radius 1 is 0.620 bits per heavy atom. The lowest BCUT2D eigenvalue weighted by Crippen LogP contribution is -2.11. The fourth-order valence-electron chi connectivity index (χ4n) is 6.40. The van der Waals surface area contributed by atoms with E-state index in [0.717, 1.165) is 55.7 Å². The highest BCUT2D eigenvalue weighted by atomic mass is 15.1. The van der Waals surface area contributed by atoms with E-state index in [1.54, 1.807) is 18.3 Å². The lowest BCUT2D eigenvalue weighted by Gasteiger charge is -2.22. The van der Waals surface area contributed by atoms with Gasteiger partial charge in [0.15, 0.2) is 0 Å². The van der Waals surface area contributed by atoms with Crippen LogP contribution in [0.5, 0.6) is 0 Å². The van der Waals surface area contributed by atoms with E-state index < -0.39 is 11.9 Å². The first-order chi connectivity index (χ1) is 26.2. The highest BCUT2D eigenvalue weighted by Crippen LogP contribution is 2.38. The maximum Gasteiger partial charge on any atom is 0.100 e. The number of nitrogens with zero attached hydrogens (tertiary/aromatic N) is 3. The molecule has 250 valence electrons. The number of fused-ring (bicyclic) bond motifs is 1. The molecular weight excluding hydrogens is 607 g/mol. The molecule has 0 spiro atoms. The van der Waals surface area contributed by atoms with Crippen LogP contribution in [0.1, 0.15) is 86.2 Å². The predicted octanol–water partition coefficient (Wildman–Crippen LogP) is 12.8. The monoisotopic (exact) mass is 659 g/mol. The first-order valence-electron chi connectivity index (χ1n) is 20.2. The van der Waals surface area contributed by atoms with Crippen molar-refractivity contribution in [3.8, 4) is 50.3 Å². The Kier molecular flexibility index (Phi) is 6.84. The molecule has 0 saturated heterocycles. The molecule has 2 aromatic heterocycles. The minimum Gasteiger partial charge on any atom is -0.298 e. The van der Waals surface area contributed by atoms with Crippen molar-refractivity contribution in [1.29, 1.82) is 0 Å². The van der Waals surface area contributed by atoms with Gasteiger partial charge in [-0.15, -0.1) is 0 Å². The summed E-state index contributed by atoms with van der Waals surface area (Å²) in [5.41, 5.74) is 11.9. The summed E-state index contributed by atoms with van der Waals surface area (Å²) in [6.07, 6.45) is 3.50. The van der Waals surface area contributed by atoms with Gasteiger partial charge in [-0.2, -0.15) is 0 Å². The minimum atomic E-state index is -0.776. The van der Waals surface area contributed by atoms with Crippen LogP contribution in [0.2, 0.25) is 0 Å². The van der Waals surface area contributed by atoms with Crippen LogP contribution in [-0.2, 0) is 10.8 Å². The van der Waals surface area contributed by atoms with Gasteiger partial charge in [-0.05, 0) is 98.1 Å². The molecule has 0 amide bonds. The van der Waals surface area contributed by atoms with Crippen molar-refractivity contribution in [3.05, 3.63) is 150 Å². The van der Waals surface area contributed by atoms with Gasteiger partial charge in [0.05, 0.1) is 29.3 Å². The number of rotatable bonds is 6. The molecule has 0 saturated carbocycles. The zero-order chi connectivity index (χ0) is 40.5. The second-order valence-corrected chi connectivity index (χ2v) is 15.3. The Labute approximate surface area is 306 Å². The second-order valence-electron chi connectivity index (χ2n) is 15.3. The van der Waals surface area contributed by atoms with Crippen LogP contribution in [0.3, 0.4) is 0 Å². The first kappa shape index (κ1) is 26.6. The van der Waals surface area contributed by atoms with E-state index in [9.17, 15) is 0 Å². The van der Waals surface area contributed by atoms with Crippen LogP contribution >= 0.6 is 0 Å². The molecule has 0 unspecified atom stereocenters. The zero-order valence-electron chi connectivity index (χ0n) is 36.2. The number of pyridine rings is 1. The average molecular weight is 660 g/mol. The van der Waals surface area contributed by atoms with E-state index >= 15 is 0 Å². The summed E-state index contributed by atoms with van der Waals surface area (Å²) in [7, 11) is 0. The Morgan fingerprint density at radius 3 is 2.04 bits per heavy atom. The third kappa shape index (κ3) is 6.53. The van der Waals surface area contributed by atoms with Crippen LogP contribution in [0.15, 0.2) is 134 Å². The molecule has 7 aromatic rings. The van der Waals surface area contributed by atoms with E-state index in [1.165, 1.54) is 5.56 Å². The molecule has 0 fully saturated rings. The van der Waals surface area contributed by atoms with Gasteiger partial charge in [-0.25, -0.2) is 4.98 Å². The summed E-state index contributed by atoms with van der Waals surface area (Å²) in [5.74, 6) is -0.776. The third-order valence-corrected chi connectivity index (χ3v) is 9.43. The van der Waals surface area contributed by atoms with Crippen LogP contribution in [0.25, 0.3) is 61.4 Å². The zero-order valence-corrected chi connectivity index (χ0v) is 30.2. The smallest absolute Gasteiger partial charge is 0.100 e. The molecule has 0 radical (unpaired) electrons. The van der Waals surface area contributed by atoms with Crippen LogP contribution < -0.4 is 0 Å². The normalized spacial score (nSPS) is 14.1.